The maximum absolute atomic E-state index is 9.15. The highest BCUT2D eigenvalue weighted by atomic mass is 16.3. The number of benzene rings is 1. The van der Waals surface area contributed by atoms with Gasteiger partial charge in [0, 0.05) is 5.56 Å². The molecule has 60 valence electrons. The Bertz CT molecular complexity index is 368. The van der Waals surface area contributed by atoms with Gasteiger partial charge in [0.05, 0.1) is 6.20 Å². The Morgan fingerprint density at radius 2 is 2.25 bits per heavy atom. The van der Waals surface area contributed by atoms with E-state index in [9.17, 15) is 0 Å². The van der Waals surface area contributed by atoms with E-state index in [4.69, 9.17) is 9.52 Å². The SMILES string of the molecule is Oc1cccc(-c2cnco2)c1. The molecule has 0 unspecified atom stereocenters. The topological polar surface area (TPSA) is 46.3 Å². The quantitative estimate of drug-likeness (QED) is 0.696. The molecule has 2 aromatic rings. The summed E-state index contributed by atoms with van der Waals surface area (Å²) in [5.74, 6) is 0.884. The molecule has 1 heterocycles. The van der Waals surface area contributed by atoms with Crippen molar-refractivity contribution >= 4 is 0 Å². The number of aromatic nitrogens is 1. The second-order valence-electron chi connectivity index (χ2n) is 2.42. The summed E-state index contributed by atoms with van der Waals surface area (Å²) in [7, 11) is 0. The van der Waals surface area contributed by atoms with Crippen LogP contribution in [-0.4, -0.2) is 10.1 Å². The third-order valence-electron chi connectivity index (χ3n) is 1.56. The fourth-order valence-electron chi connectivity index (χ4n) is 1.02. The molecule has 0 aliphatic rings. The predicted octanol–water partition coefficient (Wildman–Crippen LogP) is 2.05. The predicted molar refractivity (Wildman–Crippen MR) is 43.6 cm³/mol. The van der Waals surface area contributed by atoms with Crippen molar-refractivity contribution in [2.24, 2.45) is 0 Å². The molecule has 12 heavy (non-hydrogen) atoms. The number of rotatable bonds is 1. The van der Waals surface area contributed by atoms with Crippen molar-refractivity contribution in [1.29, 1.82) is 0 Å². The minimum atomic E-state index is 0.226. The molecule has 3 nitrogen and oxygen atoms in total. The number of aromatic hydroxyl groups is 1. The van der Waals surface area contributed by atoms with Crippen molar-refractivity contribution in [3.05, 3.63) is 36.9 Å². The lowest BCUT2D eigenvalue weighted by atomic mass is 10.2. The highest BCUT2D eigenvalue weighted by Crippen LogP contribution is 2.21. The molecule has 2 rings (SSSR count). The molecule has 1 N–H and O–H groups in total. The molecule has 1 aromatic heterocycles. The van der Waals surface area contributed by atoms with Crippen LogP contribution in [-0.2, 0) is 0 Å². The van der Waals surface area contributed by atoms with E-state index in [1.807, 2.05) is 6.07 Å². The van der Waals surface area contributed by atoms with Crippen molar-refractivity contribution in [2.75, 3.05) is 0 Å². The number of oxazole rings is 1. The Morgan fingerprint density at radius 1 is 1.33 bits per heavy atom. The Kier molecular flexibility index (Phi) is 1.55. The Labute approximate surface area is 69.3 Å². The normalized spacial score (nSPS) is 10.0. The number of phenolic OH excluding ortho intramolecular Hbond substituents is 1. The molecule has 0 amide bonds. The molecule has 0 spiro atoms. The van der Waals surface area contributed by atoms with Gasteiger partial charge in [0.2, 0.25) is 0 Å². The fraction of sp³-hybridized carbons (Fsp3) is 0. The van der Waals surface area contributed by atoms with Crippen molar-refractivity contribution in [2.45, 2.75) is 0 Å². The van der Waals surface area contributed by atoms with Crippen molar-refractivity contribution in [3.63, 3.8) is 0 Å². The second-order valence-corrected chi connectivity index (χ2v) is 2.42. The summed E-state index contributed by atoms with van der Waals surface area (Å²) in [6, 6.07) is 6.84. The summed E-state index contributed by atoms with van der Waals surface area (Å²) < 4.78 is 5.05. The first-order chi connectivity index (χ1) is 5.86. The van der Waals surface area contributed by atoms with Crippen LogP contribution in [0.2, 0.25) is 0 Å². The molecule has 0 saturated carbocycles. The van der Waals surface area contributed by atoms with Gasteiger partial charge in [-0.3, -0.25) is 0 Å². The summed E-state index contributed by atoms with van der Waals surface area (Å²) >= 11 is 0. The largest absolute Gasteiger partial charge is 0.508 e. The molecule has 0 saturated heterocycles. The van der Waals surface area contributed by atoms with Gasteiger partial charge in [-0.15, -0.1) is 0 Å². The van der Waals surface area contributed by atoms with E-state index in [0.717, 1.165) is 5.56 Å². The van der Waals surface area contributed by atoms with Crippen molar-refractivity contribution in [1.82, 2.24) is 4.98 Å². The van der Waals surface area contributed by atoms with Crippen LogP contribution in [0.5, 0.6) is 5.75 Å². The standard InChI is InChI=1S/C9H7NO2/c11-8-3-1-2-7(4-8)9-5-10-6-12-9/h1-6,11H. The van der Waals surface area contributed by atoms with Crippen LogP contribution in [0, 0.1) is 0 Å². The summed E-state index contributed by atoms with van der Waals surface area (Å²) in [6.07, 6.45) is 2.97. The molecule has 0 fully saturated rings. The van der Waals surface area contributed by atoms with E-state index in [0.29, 0.717) is 5.76 Å². The maximum Gasteiger partial charge on any atom is 0.181 e. The highest BCUT2D eigenvalue weighted by molar-refractivity contribution is 5.58. The third kappa shape index (κ3) is 1.16. The molecule has 0 radical (unpaired) electrons. The summed E-state index contributed by atoms with van der Waals surface area (Å²) in [6.45, 7) is 0. The lowest BCUT2D eigenvalue weighted by molar-refractivity contribution is 0.475. The van der Waals surface area contributed by atoms with E-state index in [-0.39, 0.29) is 5.75 Å². The average Bonchev–Trinajstić information content (AvgIpc) is 2.56. The smallest absolute Gasteiger partial charge is 0.181 e. The third-order valence-corrected chi connectivity index (χ3v) is 1.56. The number of hydrogen-bond acceptors (Lipinski definition) is 3. The Balaban J connectivity index is 2.48. The molecule has 0 aliphatic heterocycles. The fourth-order valence-corrected chi connectivity index (χ4v) is 1.02. The van der Waals surface area contributed by atoms with E-state index in [1.165, 1.54) is 6.39 Å². The first-order valence-corrected chi connectivity index (χ1v) is 3.54. The van der Waals surface area contributed by atoms with Crippen LogP contribution in [0.3, 0.4) is 0 Å². The van der Waals surface area contributed by atoms with Crippen LogP contribution in [0.4, 0.5) is 0 Å². The zero-order chi connectivity index (χ0) is 8.39. The van der Waals surface area contributed by atoms with Gasteiger partial charge in [-0.1, -0.05) is 12.1 Å². The van der Waals surface area contributed by atoms with Crippen molar-refractivity contribution < 1.29 is 9.52 Å². The van der Waals surface area contributed by atoms with Crippen LogP contribution >= 0.6 is 0 Å². The highest BCUT2D eigenvalue weighted by Gasteiger charge is 2.00. The van der Waals surface area contributed by atoms with E-state index >= 15 is 0 Å². The number of hydrogen-bond donors (Lipinski definition) is 1. The van der Waals surface area contributed by atoms with Crippen molar-refractivity contribution in [3.8, 4) is 17.1 Å². The molecule has 3 heteroatoms. The Morgan fingerprint density at radius 3 is 2.92 bits per heavy atom. The monoisotopic (exact) mass is 161 g/mol. The molecule has 0 aliphatic carbocycles. The van der Waals surface area contributed by atoms with E-state index in [1.54, 1.807) is 24.4 Å². The van der Waals surface area contributed by atoms with Gasteiger partial charge in [-0.2, -0.15) is 0 Å². The molecule has 1 aromatic carbocycles. The van der Waals surface area contributed by atoms with Gasteiger partial charge in [0.1, 0.15) is 5.75 Å². The summed E-state index contributed by atoms with van der Waals surface area (Å²) in [5.41, 5.74) is 0.826. The van der Waals surface area contributed by atoms with Gasteiger partial charge in [0.25, 0.3) is 0 Å². The summed E-state index contributed by atoms with van der Waals surface area (Å²) in [5, 5.41) is 9.15. The minimum absolute atomic E-state index is 0.226. The zero-order valence-corrected chi connectivity index (χ0v) is 6.27. The minimum Gasteiger partial charge on any atom is -0.508 e. The Hall–Kier alpha value is -1.77. The molecule has 0 atom stereocenters. The zero-order valence-electron chi connectivity index (χ0n) is 6.27. The van der Waals surface area contributed by atoms with Gasteiger partial charge in [0.15, 0.2) is 12.2 Å². The lowest BCUT2D eigenvalue weighted by Crippen LogP contribution is -1.71. The van der Waals surface area contributed by atoms with Crippen LogP contribution in [0.15, 0.2) is 41.3 Å². The number of nitrogens with zero attached hydrogens (tertiary/aromatic N) is 1. The lowest BCUT2D eigenvalue weighted by Gasteiger charge is -1.95. The van der Waals surface area contributed by atoms with Gasteiger partial charge in [-0.25, -0.2) is 4.98 Å². The molecule has 0 bridgehead atoms. The number of phenols is 1. The average molecular weight is 161 g/mol. The summed E-state index contributed by atoms with van der Waals surface area (Å²) in [4.78, 5) is 3.78. The molecular formula is C9H7NO2. The maximum atomic E-state index is 9.15. The van der Waals surface area contributed by atoms with Gasteiger partial charge < -0.3 is 9.52 Å². The first-order valence-electron chi connectivity index (χ1n) is 3.54. The van der Waals surface area contributed by atoms with Crippen LogP contribution in [0.1, 0.15) is 0 Å². The van der Waals surface area contributed by atoms with Crippen LogP contribution in [0.25, 0.3) is 11.3 Å². The van der Waals surface area contributed by atoms with Gasteiger partial charge in [-0.05, 0) is 12.1 Å². The van der Waals surface area contributed by atoms with Crippen LogP contribution < -0.4 is 0 Å². The van der Waals surface area contributed by atoms with E-state index in [2.05, 4.69) is 4.98 Å². The molecular weight excluding hydrogens is 154 g/mol. The first kappa shape index (κ1) is 6.91. The van der Waals surface area contributed by atoms with E-state index < -0.39 is 0 Å². The van der Waals surface area contributed by atoms with Gasteiger partial charge >= 0.3 is 0 Å². The second kappa shape index (κ2) is 2.70.